The molecule has 0 spiro atoms. The average Bonchev–Trinajstić information content (AvgIpc) is 2.61. The molecule has 1 heterocycles. The SMILES string of the molecule is CC(C)(C)CC(CNC(=O)N1CCCOCC1)C(=O)O. The van der Waals surface area contributed by atoms with Crippen LogP contribution in [0, 0.1) is 11.3 Å². The predicted molar refractivity (Wildman–Crippen MR) is 75.6 cm³/mol. The van der Waals surface area contributed by atoms with E-state index >= 15 is 0 Å². The van der Waals surface area contributed by atoms with Crippen LogP contribution in [-0.2, 0) is 9.53 Å². The van der Waals surface area contributed by atoms with Crippen LogP contribution in [0.1, 0.15) is 33.6 Å². The third-order valence-corrected chi connectivity index (χ3v) is 3.22. The fourth-order valence-corrected chi connectivity index (χ4v) is 2.26. The number of aliphatic carboxylic acids is 1. The highest BCUT2D eigenvalue weighted by molar-refractivity contribution is 5.76. The quantitative estimate of drug-likeness (QED) is 0.822. The van der Waals surface area contributed by atoms with Gasteiger partial charge in [0.25, 0.3) is 0 Å². The Morgan fingerprint density at radius 3 is 2.60 bits per heavy atom. The summed E-state index contributed by atoms with van der Waals surface area (Å²) in [6, 6.07) is -0.198. The largest absolute Gasteiger partial charge is 0.481 e. The average molecular weight is 286 g/mol. The van der Waals surface area contributed by atoms with Crippen molar-refractivity contribution in [2.24, 2.45) is 11.3 Å². The lowest BCUT2D eigenvalue weighted by molar-refractivity contribution is -0.142. The van der Waals surface area contributed by atoms with Gasteiger partial charge in [0.2, 0.25) is 0 Å². The van der Waals surface area contributed by atoms with Crippen molar-refractivity contribution >= 4 is 12.0 Å². The predicted octanol–water partition coefficient (Wildman–Crippen LogP) is 1.56. The van der Waals surface area contributed by atoms with E-state index in [0.717, 1.165) is 6.42 Å². The molecule has 1 rings (SSSR count). The van der Waals surface area contributed by atoms with Crippen LogP contribution < -0.4 is 5.32 Å². The lowest BCUT2D eigenvalue weighted by Gasteiger charge is -2.25. The van der Waals surface area contributed by atoms with Gasteiger partial charge in [0.15, 0.2) is 0 Å². The van der Waals surface area contributed by atoms with Crippen LogP contribution >= 0.6 is 0 Å². The van der Waals surface area contributed by atoms with Crippen LogP contribution in [0.3, 0.4) is 0 Å². The highest BCUT2D eigenvalue weighted by Gasteiger charge is 2.26. The smallest absolute Gasteiger partial charge is 0.317 e. The van der Waals surface area contributed by atoms with Crippen LogP contribution in [-0.4, -0.2) is 54.9 Å². The van der Waals surface area contributed by atoms with Gasteiger partial charge in [0.1, 0.15) is 0 Å². The molecule has 6 heteroatoms. The zero-order valence-electron chi connectivity index (χ0n) is 12.6. The summed E-state index contributed by atoms with van der Waals surface area (Å²) in [5.41, 5.74) is -0.0791. The topological polar surface area (TPSA) is 78.9 Å². The summed E-state index contributed by atoms with van der Waals surface area (Å²) in [6.07, 6.45) is 1.35. The van der Waals surface area contributed by atoms with Gasteiger partial charge in [-0.05, 0) is 18.3 Å². The Kier molecular flexibility index (Phi) is 6.26. The van der Waals surface area contributed by atoms with Crippen LogP contribution in [0.15, 0.2) is 0 Å². The molecule has 2 N–H and O–H groups in total. The van der Waals surface area contributed by atoms with E-state index in [9.17, 15) is 14.7 Å². The summed E-state index contributed by atoms with van der Waals surface area (Å²) in [5, 5.41) is 12.0. The number of urea groups is 1. The second-order valence-corrected chi connectivity index (χ2v) is 6.44. The van der Waals surface area contributed by atoms with Crippen LogP contribution in [0.25, 0.3) is 0 Å². The van der Waals surface area contributed by atoms with Gasteiger partial charge in [-0.25, -0.2) is 4.79 Å². The highest BCUT2D eigenvalue weighted by Crippen LogP contribution is 2.24. The standard InChI is InChI=1S/C14H26N2O4/c1-14(2,3)9-11(12(17)18)10-15-13(19)16-5-4-7-20-8-6-16/h11H,4-10H2,1-3H3,(H,15,19)(H,17,18). The van der Waals surface area contributed by atoms with Gasteiger partial charge in [-0.1, -0.05) is 20.8 Å². The van der Waals surface area contributed by atoms with Crippen LogP contribution in [0.4, 0.5) is 4.79 Å². The van der Waals surface area contributed by atoms with Crippen molar-refractivity contribution in [2.45, 2.75) is 33.6 Å². The number of nitrogens with one attached hydrogen (secondary N) is 1. The highest BCUT2D eigenvalue weighted by atomic mass is 16.5. The monoisotopic (exact) mass is 286 g/mol. The Morgan fingerprint density at radius 1 is 1.30 bits per heavy atom. The second kappa shape index (κ2) is 7.47. The summed E-state index contributed by atoms with van der Waals surface area (Å²) < 4.78 is 5.29. The fourth-order valence-electron chi connectivity index (χ4n) is 2.26. The third kappa shape index (κ3) is 6.23. The minimum atomic E-state index is -0.862. The number of ether oxygens (including phenoxy) is 1. The van der Waals surface area contributed by atoms with Crippen molar-refractivity contribution in [3.05, 3.63) is 0 Å². The lowest BCUT2D eigenvalue weighted by atomic mass is 9.84. The molecular weight excluding hydrogens is 260 g/mol. The maximum absolute atomic E-state index is 12.0. The Bertz CT molecular complexity index is 331. The molecule has 6 nitrogen and oxygen atoms in total. The van der Waals surface area contributed by atoms with Gasteiger partial charge in [-0.3, -0.25) is 4.79 Å². The maximum atomic E-state index is 12.0. The van der Waals surface area contributed by atoms with E-state index in [0.29, 0.717) is 32.7 Å². The first-order valence-corrected chi connectivity index (χ1v) is 7.13. The zero-order chi connectivity index (χ0) is 15.2. The molecular formula is C14H26N2O4. The van der Waals surface area contributed by atoms with Gasteiger partial charge in [-0.15, -0.1) is 0 Å². The minimum Gasteiger partial charge on any atom is -0.481 e. The fraction of sp³-hybridized carbons (Fsp3) is 0.857. The van der Waals surface area contributed by atoms with Crippen LogP contribution in [0.5, 0.6) is 0 Å². The van der Waals surface area contributed by atoms with Gasteiger partial charge in [0.05, 0.1) is 12.5 Å². The Labute approximate surface area is 120 Å². The number of hydrogen-bond donors (Lipinski definition) is 2. The number of carbonyl (C=O) groups excluding carboxylic acids is 1. The number of hydrogen-bond acceptors (Lipinski definition) is 3. The van der Waals surface area contributed by atoms with Crippen molar-refractivity contribution in [3.8, 4) is 0 Å². The molecule has 0 aromatic rings. The van der Waals surface area contributed by atoms with Gasteiger partial charge in [-0.2, -0.15) is 0 Å². The zero-order valence-corrected chi connectivity index (χ0v) is 12.6. The van der Waals surface area contributed by atoms with E-state index in [2.05, 4.69) is 5.32 Å². The molecule has 0 saturated carbocycles. The van der Waals surface area contributed by atoms with E-state index < -0.39 is 11.9 Å². The number of carbonyl (C=O) groups is 2. The lowest BCUT2D eigenvalue weighted by Crippen LogP contribution is -2.44. The summed E-state index contributed by atoms with van der Waals surface area (Å²) >= 11 is 0. The summed E-state index contributed by atoms with van der Waals surface area (Å²) in [4.78, 5) is 24.9. The molecule has 1 atom stereocenters. The molecule has 2 amide bonds. The Morgan fingerprint density at radius 2 is 2.00 bits per heavy atom. The number of amides is 2. The van der Waals surface area contributed by atoms with E-state index in [1.54, 1.807) is 4.90 Å². The number of rotatable bonds is 4. The molecule has 0 aliphatic carbocycles. The molecule has 1 saturated heterocycles. The number of carboxylic acid groups (broad SMARTS) is 1. The summed E-state index contributed by atoms with van der Waals surface area (Å²) in [6.45, 7) is 8.59. The van der Waals surface area contributed by atoms with Gasteiger partial charge >= 0.3 is 12.0 Å². The first-order chi connectivity index (χ1) is 9.29. The van der Waals surface area contributed by atoms with Crippen LogP contribution in [0.2, 0.25) is 0 Å². The molecule has 1 fully saturated rings. The Balaban J connectivity index is 2.45. The van der Waals surface area contributed by atoms with Crippen molar-refractivity contribution in [1.29, 1.82) is 0 Å². The third-order valence-electron chi connectivity index (χ3n) is 3.22. The number of carboxylic acids is 1. The molecule has 116 valence electrons. The first kappa shape index (κ1) is 16.8. The molecule has 0 radical (unpaired) electrons. The molecule has 1 aliphatic rings. The summed E-state index contributed by atoms with van der Waals surface area (Å²) in [7, 11) is 0. The molecule has 20 heavy (non-hydrogen) atoms. The van der Waals surface area contributed by atoms with E-state index in [4.69, 9.17) is 4.74 Å². The van der Waals surface area contributed by atoms with E-state index in [1.165, 1.54) is 0 Å². The van der Waals surface area contributed by atoms with Gasteiger partial charge in [0, 0.05) is 26.2 Å². The minimum absolute atomic E-state index is 0.0791. The van der Waals surface area contributed by atoms with Crippen molar-refractivity contribution in [2.75, 3.05) is 32.8 Å². The molecule has 0 bridgehead atoms. The first-order valence-electron chi connectivity index (χ1n) is 7.13. The van der Waals surface area contributed by atoms with Gasteiger partial charge < -0.3 is 20.1 Å². The van der Waals surface area contributed by atoms with Crippen molar-refractivity contribution in [1.82, 2.24) is 10.2 Å². The molecule has 0 aromatic heterocycles. The maximum Gasteiger partial charge on any atom is 0.317 e. The van der Waals surface area contributed by atoms with Crippen molar-refractivity contribution in [3.63, 3.8) is 0 Å². The van der Waals surface area contributed by atoms with E-state index in [-0.39, 0.29) is 18.0 Å². The van der Waals surface area contributed by atoms with E-state index in [1.807, 2.05) is 20.8 Å². The molecule has 1 aliphatic heterocycles. The number of nitrogens with zero attached hydrogens (tertiary/aromatic N) is 1. The Hall–Kier alpha value is -1.30. The second-order valence-electron chi connectivity index (χ2n) is 6.44. The molecule has 0 aromatic carbocycles. The molecule has 1 unspecified atom stereocenters. The van der Waals surface area contributed by atoms with Crippen molar-refractivity contribution < 1.29 is 19.4 Å². The normalized spacial score (nSPS) is 18.2. The summed E-state index contributed by atoms with van der Waals surface area (Å²) in [5.74, 6) is -1.42.